The maximum atomic E-state index is 12.9. The highest BCUT2D eigenvalue weighted by atomic mass is 16.2. The average Bonchev–Trinajstić information content (AvgIpc) is 2.88. The zero-order valence-electron chi connectivity index (χ0n) is 13.7. The molecule has 0 spiro atoms. The molecule has 1 atom stereocenters. The predicted molar refractivity (Wildman–Crippen MR) is 90.4 cm³/mol. The second-order valence-corrected chi connectivity index (χ2v) is 6.26. The summed E-state index contributed by atoms with van der Waals surface area (Å²) in [7, 11) is 0. The first-order chi connectivity index (χ1) is 11.5. The van der Waals surface area contributed by atoms with E-state index in [1.807, 2.05) is 19.1 Å². The third-order valence-corrected chi connectivity index (χ3v) is 4.75. The molecule has 3 amide bonds. The molecule has 1 aromatic rings. The highest BCUT2D eigenvalue weighted by molar-refractivity contribution is 6.10. The summed E-state index contributed by atoms with van der Waals surface area (Å²) in [5, 5.41) is 2.71. The number of rotatable bonds is 5. The Hall–Kier alpha value is -2.63. The van der Waals surface area contributed by atoms with Crippen molar-refractivity contribution in [3.63, 3.8) is 0 Å². The van der Waals surface area contributed by atoms with Crippen LogP contribution in [-0.4, -0.2) is 41.4 Å². The van der Waals surface area contributed by atoms with Crippen LogP contribution in [0.15, 0.2) is 36.9 Å². The molecule has 0 bridgehead atoms. The summed E-state index contributed by atoms with van der Waals surface area (Å²) < 4.78 is 0. The van der Waals surface area contributed by atoms with E-state index in [4.69, 9.17) is 0 Å². The standard InChI is InChI=1S/C18H21N3O3/c1-3-11-19-15(22)9-12-20-17(24)13-6-4-5-7-14(13)21-16(23)8-10-18(20,21)2/h3-7H,1,8-12H2,2H3,(H,19,22). The van der Waals surface area contributed by atoms with E-state index >= 15 is 0 Å². The van der Waals surface area contributed by atoms with Crippen molar-refractivity contribution in [3.8, 4) is 0 Å². The van der Waals surface area contributed by atoms with Gasteiger partial charge in [-0.3, -0.25) is 19.3 Å². The van der Waals surface area contributed by atoms with Gasteiger partial charge < -0.3 is 10.2 Å². The van der Waals surface area contributed by atoms with Crippen molar-refractivity contribution in [1.82, 2.24) is 10.2 Å². The van der Waals surface area contributed by atoms with Gasteiger partial charge in [0.1, 0.15) is 5.66 Å². The van der Waals surface area contributed by atoms with Gasteiger partial charge in [-0.25, -0.2) is 0 Å². The van der Waals surface area contributed by atoms with Gasteiger partial charge in [-0.1, -0.05) is 18.2 Å². The summed E-state index contributed by atoms with van der Waals surface area (Å²) in [6, 6.07) is 7.15. The summed E-state index contributed by atoms with van der Waals surface area (Å²) in [6.07, 6.45) is 2.77. The molecule has 0 radical (unpaired) electrons. The van der Waals surface area contributed by atoms with Gasteiger partial charge in [0.15, 0.2) is 0 Å². The molecule has 1 N–H and O–H groups in total. The first-order valence-corrected chi connectivity index (χ1v) is 8.10. The van der Waals surface area contributed by atoms with E-state index in [0.717, 1.165) is 0 Å². The second kappa shape index (κ2) is 6.11. The van der Waals surface area contributed by atoms with Crippen LogP contribution >= 0.6 is 0 Å². The van der Waals surface area contributed by atoms with Crippen molar-refractivity contribution in [2.24, 2.45) is 0 Å². The van der Waals surface area contributed by atoms with Gasteiger partial charge in [-0.05, 0) is 25.5 Å². The van der Waals surface area contributed by atoms with E-state index < -0.39 is 5.66 Å². The number of amides is 3. The Kier molecular flexibility index (Phi) is 4.13. The van der Waals surface area contributed by atoms with Crippen molar-refractivity contribution in [3.05, 3.63) is 42.5 Å². The molecule has 3 rings (SSSR count). The maximum Gasteiger partial charge on any atom is 0.257 e. The first-order valence-electron chi connectivity index (χ1n) is 8.10. The van der Waals surface area contributed by atoms with Crippen LogP contribution in [0.5, 0.6) is 0 Å². The number of carbonyl (C=O) groups excluding carboxylic acids is 3. The zero-order chi connectivity index (χ0) is 17.3. The number of benzene rings is 1. The van der Waals surface area contributed by atoms with E-state index in [1.54, 1.807) is 28.0 Å². The smallest absolute Gasteiger partial charge is 0.257 e. The molecule has 2 heterocycles. The molecule has 24 heavy (non-hydrogen) atoms. The van der Waals surface area contributed by atoms with E-state index in [0.29, 0.717) is 30.6 Å². The van der Waals surface area contributed by atoms with Crippen molar-refractivity contribution < 1.29 is 14.4 Å². The second-order valence-electron chi connectivity index (χ2n) is 6.26. The molecular formula is C18H21N3O3. The van der Waals surface area contributed by atoms with E-state index in [2.05, 4.69) is 11.9 Å². The van der Waals surface area contributed by atoms with Crippen LogP contribution in [0.4, 0.5) is 5.69 Å². The monoisotopic (exact) mass is 327 g/mol. The minimum Gasteiger partial charge on any atom is -0.353 e. The predicted octanol–water partition coefficient (Wildman–Crippen LogP) is 1.68. The molecule has 1 unspecified atom stereocenters. The summed E-state index contributed by atoms with van der Waals surface area (Å²) in [4.78, 5) is 40.6. The maximum absolute atomic E-state index is 12.9. The number of anilines is 1. The molecule has 6 heteroatoms. The van der Waals surface area contributed by atoms with Crippen LogP contribution in [-0.2, 0) is 9.59 Å². The summed E-state index contributed by atoms with van der Waals surface area (Å²) >= 11 is 0. The highest BCUT2D eigenvalue weighted by Gasteiger charge is 2.52. The van der Waals surface area contributed by atoms with Crippen LogP contribution in [0.2, 0.25) is 0 Å². The number of para-hydroxylation sites is 1. The van der Waals surface area contributed by atoms with Crippen LogP contribution in [0.3, 0.4) is 0 Å². The Morgan fingerprint density at radius 3 is 2.88 bits per heavy atom. The minimum absolute atomic E-state index is 0.0126. The van der Waals surface area contributed by atoms with Crippen molar-refractivity contribution in [1.29, 1.82) is 0 Å². The molecule has 0 aromatic heterocycles. The normalized spacial score (nSPS) is 22.2. The number of fused-ring (bicyclic) bond motifs is 3. The molecule has 0 saturated carbocycles. The van der Waals surface area contributed by atoms with Crippen molar-refractivity contribution in [2.75, 3.05) is 18.0 Å². The lowest BCUT2D eigenvalue weighted by atomic mass is 9.98. The van der Waals surface area contributed by atoms with Crippen LogP contribution in [0, 0.1) is 0 Å². The van der Waals surface area contributed by atoms with Gasteiger partial charge in [0.25, 0.3) is 5.91 Å². The van der Waals surface area contributed by atoms with Gasteiger partial charge >= 0.3 is 0 Å². The number of nitrogens with one attached hydrogen (secondary N) is 1. The van der Waals surface area contributed by atoms with Gasteiger partial charge in [0, 0.05) is 25.9 Å². The number of hydrogen-bond acceptors (Lipinski definition) is 3. The van der Waals surface area contributed by atoms with Gasteiger partial charge in [-0.15, -0.1) is 6.58 Å². The lowest BCUT2D eigenvalue weighted by molar-refractivity contribution is -0.121. The SMILES string of the molecule is C=CCNC(=O)CCN1C(=O)c2ccccc2N2C(=O)CCC12C. The minimum atomic E-state index is -0.707. The van der Waals surface area contributed by atoms with Crippen molar-refractivity contribution in [2.45, 2.75) is 31.8 Å². The average molecular weight is 327 g/mol. The molecule has 1 saturated heterocycles. The van der Waals surface area contributed by atoms with Gasteiger partial charge in [-0.2, -0.15) is 0 Å². The Balaban J connectivity index is 1.89. The Bertz CT molecular complexity index is 715. The molecule has 1 fully saturated rings. The number of nitrogens with zero attached hydrogens (tertiary/aromatic N) is 2. The van der Waals surface area contributed by atoms with Gasteiger partial charge in [0.2, 0.25) is 11.8 Å². The molecule has 2 aliphatic rings. The summed E-state index contributed by atoms with van der Waals surface area (Å²) in [6.45, 7) is 6.13. The Morgan fingerprint density at radius 2 is 2.12 bits per heavy atom. The van der Waals surface area contributed by atoms with E-state index in [9.17, 15) is 14.4 Å². The van der Waals surface area contributed by atoms with Gasteiger partial charge in [0.05, 0.1) is 11.3 Å². The fourth-order valence-electron chi connectivity index (χ4n) is 3.53. The van der Waals surface area contributed by atoms with Crippen LogP contribution < -0.4 is 10.2 Å². The molecular weight excluding hydrogens is 306 g/mol. The van der Waals surface area contributed by atoms with Crippen LogP contribution in [0.1, 0.15) is 36.5 Å². The van der Waals surface area contributed by atoms with Crippen LogP contribution in [0.25, 0.3) is 0 Å². The fourth-order valence-corrected chi connectivity index (χ4v) is 3.53. The lowest BCUT2D eigenvalue weighted by Crippen LogP contribution is -2.62. The summed E-state index contributed by atoms with van der Waals surface area (Å²) in [5.74, 6) is -0.254. The Labute approximate surface area is 141 Å². The summed E-state index contributed by atoms with van der Waals surface area (Å²) in [5.41, 5.74) is 0.470. The topological polar surface area (TPSA) is 69.7 Å². The first kappa shape index (κ1) is 16.2. The van der Waals surface area contributed by atoms with E-state index in [1.165, 1.54) is 0 Å². The third kappa shape index (κ3) is 2.48. The molecule has 1 aromatic carbocycles. The highest BCUT2D eigenvalue weighted by Crippen LogP contribution is 2.43. The molecule has 2 aliphatic heterocycles. The number of carbonyl (C=O) groups is 3. The molecule has 0 aliphatic carbocycles. The lowest BCUT2D eigenvalue weighted by Gasteiger charge is -2.48. The molecule has 126 valence electrons. The Morgan fingerprint density at radius 1 is 1.38 bits per heavy atom. The largest absolute Gasteiger partial charge is 0.353 e. The fraction of sp³-hybridized carbons (Fsp3) is 0.389. The zero-order valence-corrected chi connectivity index (χ0v) is 13.7. The quantitative estimate of drug-likeness (QED) is 0.837. The van der Waals surface area contributed by atoms with E-state index in [-0.39, 0.29) is 30.7 Å². The number of hydrogen-bond donors (Lipinski definition) is 1. The van der Waals surface area contributed by atoms with Crippen molar-refractivity contribution >= 4 is 23.4 Å². The molecule has 6 nitrogen and oxygen atoms in total. The third-order valence-electron chi connectivity index (χ3n) is 4.75.